The molecule has 0 fully saturated rings. The summed E-state index contributed by atoms with van der Waals surface area (Å²) in [6, 6.07) is 2.97. The standard InChI is InChI=1S/C10H15N3O4/c1-16-6-7-17-5-4-11-9-2-3-10(12-8-9)13(14)15/h2-3,8,11H,4-7H2,1H3. The van der Waals surface area contributed by atoms with E-state index in [1.807, 2.05) is 0 Å². The van der Waals surface area contributed by atoms with Crippen LogP contribution in [0.5, 0.6) is 0 Å². The Hall–Kier alpha value is -1.73. The van der Waals surface area contributed by atoms with Crippen molar-refractivity contribution in [3.8, 4) is 0 Å². The highest BCUT2D eigenvalue weighted by Crippen LogP contribution is 2.10. The highest BCUT2D eigenvalue weighted by atomic mass is 16.6. The van der Waals surface area contributed by atoms with E-state index in [2.05, 4.69) is 10.3 Å². The normalized spacial score (nSPS) is 10.2. The quantitative estimate of drug-likeness (QED) is 0.416. The van der Waals surface area contributed by atoms with E-state index in [1.54, 1.807) is 13.2 Å². The first kappa shape index (κ1) is 13.3. The summed E-state index contributed by atoms with van der Waals surface area (Å²) in [5, 5.41) is 13.4. The number of methoxy groups -OCH3 is 1. The van der Waals surface area contributed by atoms with Gasteiger partial charge in [0, 0.05) is 19.7 Å². The fourth-order valence-electron chi connectivity index (χ4n) is 1.11. The second-order valence-corrected chi connectivity index (χ2v) is 3.19. The molecule has 0 aliphatic rings. The summed E-state index contributed by atoms with van der Waals surface area (Å²) in [5.41, 5.74) is 0.728. The van der Waals surface area contributed by atoms with Gasteiger partial charge in [-0.2, -0.15) is 0 Å². The average molecular weight is 241 g/mol. The van der Waals surface area contributed by atoms with Crippen LogP contribution in [0.15, 0.2) is 18.3 Å². The Bertz CT molecular complexity index is 342. The topological polar surface area (TPSA) is 86.5 Å². The first-order valence-corrected chi connectivity index (χ1v) is 5.15. The van der Waals surface area contributed by atoms with Crippen LogP contribution < -0.4 is 5.32 Å². The van der Waals surface area contributed by atoms with E-state index in [4.69, 9.17) is 9.47 Å². The van der Waals surface area contributed by atoms with Crippen molar-refractivity contribution >= 4 is 11.5 Å². The van der Waals surface area contributed by atoms with Crippen molar-refractivity contribution in [2.45, 2.75) is 0 Å². The minimum atomic E-state index is -0.530. The lowest BCUT2D eigenvalue weighted by atomic mass is 10.4. The van der Waals surface area contributed by atoms with Crippen LogP contribution in [0.3, 0.4) is 0 Å². The molecule has 0 aliphatic heterocycles. The molecule has 0 aromatic carbocycles. The van der Waals surface area contributed by atoms with E-state index in [0.29, 0.717) is 26.4 Å². The number of aromatic nitrogens is 1. The summed E-state index contributed by atoms with van der Waals surface area (Å²) in [6.45, 7) is 2.28. The molecule has 0 atom stereocenters. The third-order valence-electron chi connectivity index (χ3n) is 1.94. The molecule has 0 amide bonds. The zero-order valence-electron chi connectivity index (χ0n) is 9.59. The SMILES string of the molecule is COCCOCCNc1ccc([N+](=O)[O-])nc1. The molecule has 0 radical (unpaired) electrons. The lowest BCUT2D eigenvalue weighted by Gasteiger charge is -2.05. The summed E-state index contributed by atoms with van der Waals surface area (Å²) in [4.78, 5) is 13.5. The van der Waals surface area contributed by atoms with Gasteiger partial charge in [0.25, 0.3) is 0 Å². The molecular formula is C10H15N3O4. The van der Waals surface area contributed by atoms with E-state index in [9.17, 15) is 10.1 Å². The Morgan fingerprint density at radius 3 is 2.82 bits per heavy atom. The van der Waals surface area contributed by atoms with Gasteiger partial charge in [-0.3, -0.25) is 0 Å². The van der Waals surface area contributed by atoms with Crippen LogP contribution in [0.25, 0.3) is 0 Å². The van der Waals surface area contributed by atoms with Gasteiger partial charge in [-0.05, 0) is 16.0 Å². The molecule has 7 heteroatoms. The summed E-state index contributed by atoms with van der Waals surface area (Å²) < 4.78 is 10.1. The maximum Gasteiger partial charge on any atom is 0.363 e. The van der Waals surface area contributed by atoms with Gasteiger partial charge < -0.3 is 24.9 Å². The second kappa shape index (κ2) is 7.53. The Kier molecular flexibility index (Phi) is 5.91. The van der Waals surface area contributed by atoms with Gasteiger partial charge in [-0.25, -0.2) is 0 Å². The van der Waals surface area contributed by atoms with Crippen molar-refractivity contribution in [3.05, 3.63) is 28.4 Å². The number of nitro groups is 1. The molecule has 0 spiro atoms. The molecule has 1 rings (SSSR count). The highest BCUT2D eigenvalue weighted by Gasteiger charge is 2.05. The monoisotopic (exact) mass is 241 g/mol. The zero-order chi connectivity index (χ0) is 12.5. The Balaban J connectivity index is 2.21. The Morgan fingerprint density at radius 2 is 2.24 bits per heavy atom. The molecule has 1 aromatic heterocycles. The number of anilines is 1. The molecular weight excluding hydrogens is 226 g/mol. The lowest BCUT2D eigenvalue weighted by Crippen LogP contribution is -2.12. The summed E-state index contributed by atoms with van der Waals surface area (Å²) >= 11 is 0. The van der Waals surface area contributed by atoms with Crippen LogP contribution in [0.4, 0.5) is 11.5 Å². The van der Waals surface area contributed by atoms with Gasteiger partial charge in [0.2, 0.25) is 0 Å². The van der Waals surface area contributed by atoms with Crippen LogP contribution >= 0.6 is 0 Å². The number of rotatable bonds is 8. The van der Waals surface area contributed by atoms with Crippen molar-refractivity contribution in [2.24, 2.45) is 0 Å². The van der Waals surface area contributed by atoms with Gasteiger partial charge in [-0.15, -0.1) is 0 Å². The van der Waals surface area contributed by atoms with Crippen molar-refractivity contribution in [2.75, 3.05) is 38.8 Å². The zero-order valence-corrected chi connectivity index (χ0v) is 9.59. The maximum absolute atomic E-state index is 10.4. The van der Waals surface area contributed by atoms with Gasteiger partial charge in [-0.1, -0.05) is 0 Å². The number of hydrogen-bond donors (Lipinski definition) is 1. The number of nitrogens with zero attached hydrogens (tertiary/aromatic N) is 2. The molecule has 0 aliphatic carbocycles. The van der Waals surface area contributed by atoms with E-state index in [1.165, 1.54) is 12.3 Å². The summed E-state index contributed by atoms with van der Waals surface area (Å²) in [5.74, 6) is -0.160. The molecule has 0 saturated carbocycles. The predicted molar refractivity (Wildman–Crippen MR) is 62.1 cm³/mol. The maximum atomic E-state index is 10.4. The largest absolute Gasteiger partial charge is 0.382 e. The van der Waals surface area contributed by atoms with Crippen molar-refractivity contribution in [3.63, 3.8) is 0 Å². The third-order valence-corrected chi connectivity index (χ3v) is 1.94. The lowest BCUT2D eigenvalue weighted by molar-refractivity contribution is -0.389. The minimum absolute atomic E-state index is 0.160. The smallest absolute Gasteiger partial charge is 0.363 e. The first-order chi connectivity index (χ1) is 8.24. The van der Waals surface area contributed by atoms with Gasteiger partial charge in [0.05, 0.1) is 25.5 Å². The van der Waals surface area contributed by atoms with Gasteiger partial charge in [0.15, 0.2) is 6.20 Å². The van der Waals surface area contributed by atoms with Crippen LogP contribution in [-0.2, 0) is 9.47 Å². The summed E-state index contributed by atoms with van der Waals surface area (Å²) in [6.07, 6.45) is 1.42. The fraction of sp³-hybridized carbons (Fsp3) is 0.500. The number of hydrogen-bond acceptors (Lipinski definition) is 6. The molecule has 1 aromatic rings. The third kappa shape index (κ3) is 5.23. The molecule has 94 valence electrons. The number of pyridine rings is 1. The molecule has 1 N–H and O–H groups in total. The molecule has 7 nitrogen and oxygen atoms in total. The molecule has 0 bridgehead atoms. The minimum Gasteiger partial charge on any atom is -0.382 e. The Labute approximate surface area is 98.9 Å². The highest BCUT2D eigenvalue weighted by molar-refractivity contribution is 5.43. The molecule has 0 unspecified atom stereocenters. The van der Waals surface area contributed by atoms with E-state index in [0.717, 1.165) is 5.69 Å². The van der Waals surface area contributed by atoms with E-state index < -0.39 is 4.92 Å². The van der Waals surface area contributed by atoms with Gasteiger partial charge >= 0.3 is 5.82 Å². The van der Waals surface area contributed by atoms with Crippen LogP contribution in [0.2, 0.25) is 0 Å². The van der Waals surface area contributed by atoms with Crippen LogP contribution in [0.1, 0.15) is 0 Å². The van der Waals surface area contributed by atoms with Crippen molar-refractivity contribution < 1.29 is 14.4 Å². The van der Waals surface area contributed by atoms with E-state index >= 15 is 0 Å². The second-order valence-electron chi connectivity index (χ2n) is 3.19. The van der Waals surface area contributed by atoms with Crippen LogP contribution in [0, 0.1) is 10.1 Å². The number of ether oxygens (including phenoxy) is 2. The average Bonchev–Trinajstić information content (AvgIpc) is 2.34. The predicted octanol–water partition coefficient (Wildman–Crippen LogP) is 1.06. The number of nitrogens with one attached hydrogen (secondary N) is 1. The van der Waals surface area contributed by atoms with Crippen molar-refractivity contribution in [1.82, 2.24) is 4.98 Å². The fourth-order valence-corrected chi connectivity index (χ4v) is 1.11. The first-order valence-electron chi connectivity index (χ1n) is 5.15. The molecule has 1 heterocycles. The molecule has 0 saturated heterocycles. The summed E-state index contributed by atoms with van der Waals surface area (Å²) in [7, 11) is 1.62. The van der Waals surface area contributed by atoms with Gasteiger partial charge in [0.1, 0.15) is 0 Å². The Morgan fingerprint density at radius 1 is 1.41 bits per heavy atom. The van der Waals surface area contributed by atoms with E-state index in [-0.39, 0.29) is 5.82 Å². The van der Waals surface area contributed by atoms with Crippen molar-refractivity contribution in [1.29, 1.82) is 0 Å². The molecule has 17 heavy (non-hydrogen) atoms. The van der Waals surface area contributed by atoms with Crippen LogP contribution in [-0.4, -0.2) is 43.4 Å².